The van der Waals surface area contributed by atoms with E-state index in [1.165, 1.54) is 0 Å². The molecule has 0 heterocycles. The van der Waals surface area contributed by atoms with Crippen LogP contribution in [-0.4, -0.2) is 35.9 Å². The SMILES string of the molecule is CCOC1CC(NC(C)CCC(=O)O)C1. The Bertz CT molecular complexity index is 202. The van der Waals surface area contributed by atoms with Crippen LogP contribution in [0.2, 0.25) is 0 Å². The Morgan fingerprint density at radius 2 is 2.27 bits per heavy atom. The third kappa shape index (κ3) is 4.62. The first kappa shape index (κ1) is 12.5. The van der Waals surface area contributed by atoms with Crippen LogP contribution in [0.25, 0.3) is 0 Å². The molecule has 0 aromatic rings. The van der Waals surface area contributed by atoms with Crippen LogP contribution in [0.3, 0.4) is 0 Å². The van der Waals surface area contributed by atoms with Crippen LogP contribution >= 0.6 is 0 Å². The van der Waals surface area contributed by atoms with Crippen LogP contribution in [0.5, 0.6) is 0 Å². The van der Waals surface area contributed by atoms with Gasteiger partial charge in [-0.3, -0.25) is 4.79 Å². The van der Waals surface area contributed by atoms with Gasteiger partial charge in [0.2, 0.25) is 0 Å². The Balaban J connectivity index is 2.03. The van der Waals surface area contributed by atoms with Crippen molar-refractivity contribution >= 4 is 5.97 Å². The van der Waals surface area contributed by atoms with Crippen LogP contribution in [0.1, 0.15) is 39.5 Å². The summed E-state index contributed by atoms with van der Waals surface area (Å²) in [5.41, 5.74) is 0. The van der Waals surface area contributed by atoms with Gasteiger partial charge in [-0.25, -0.2) is 0 Å². The Morgan fingerprint density at radius 1 is 1.60 bits per heavy atom. The van der Waals surface area contributed by atoms with Crippen molar-refractivity contribution in [2.75, 3.05) is 6.61 Å². The standard InChI is InChI=1S/C11H21NO3/c1-3-15-10-6-9(7-10)12-8(2)4-5-11(13)14/h8-10,12H,3-7H2,1-2H3,(H,13,14). The monoisotopic (exact) mass is 215 g/mol. The van der Waals surface area contributed by atoms with E-state index in [4.69, 9.17) is 9.84 Å². The molecule has 0 saturated heterocycles. The summed E-state index contributed by atoms with van der Waals surface area (Å²) in [4.78, 5) is 10.4. The first-order valence-corrected chi connectivity index (χ1v) is 5.71. The molecule has 1 saturated carbocycles. The van der Waals surface area contributed by atoms with E-state index in [1.807, 2.05) is 13.8 Å². The molecular formula is C11H21NO3. The molecule has 1 aliphatic carbocycles. The van der Waals surface area contributed by atoms with Gasteiger partial charge in [-0.2, -0.15) is 0 Å². The highest BCUT2D eigenvalue weighted by atomic mass is 16.5. The van der Waals surface area contributed by atoms with Crippen molar-refractivity contribution in [3.63, 3.8) is 0 Å². The number of hydrogen-bond acceptors (Lipinski definition) is 3. The van der Waals surface area contributed by atoms with Crippen LogP contribution in [-0.2, 0) is 9.53 Å². The Labute approximate surface area is 91.0 Å². The maximum absolute atomic E-state index is 10.4. The van der Waals surface area contributed by atoms with Gasteiger partial charge >= 0.3 is 5.97 Å². The summed E-state index contributed by atoms with van der Waals surface area (Å²) in [6.07, 6.45) is 3.48. The van der Waals surface area contributed by atoms with Gasteiger partial charge < -0.3 is 15.2 Å². The van der Waals surface area contributed by atoms with E-state index < -0.39 is 5.97 Å². The summed E-state index contributed by atoms with van der Waals surface area (Å²) in [7, 11) is 0. The second-order valence-electron chi connectivity index (χ2n) is 4.25. The average molecular weight is 215 g/mol. The maximum atomic E-state index is 10.4. The van der Waals surface area contributed by atoms with E-state index in [9.17, 15) is 4.79 Å². The molecule has 4 heteroatoms. The molecule has 15 heavy (non-hydrogen) atoms. The molecule has 0 spiro atoms. The maximum Gasteiger partial charge on any atom is 0.303 e. The lowest BCUT2D eigenvalue weighted by atomic mass is 9.88. The van der Waals surface area contributed by atoms with Gasteiger partial charge in [0.15, 0.2) is 0 Å². The van der Waals surface area contributed by atoms with Crippen LogP contribution in [0.15, 0.2) is 0 Å². The second kappa shape index (κ2) is 6.08. The molecule has 4 nitrogen and oxygen atoms in total. The van der Waals surface area contributed by atoms with E-state index in [-0.39, 0.29) is 12.5 Å². The van der Waals surface area contributed by atoms with Crippen molar-refractivity contribution < 1.29 is 14.6 Å². The fourth-order valence-corrected chi connectivity index (χ4v) is 1.90. The topological polar surface area (TPSA) is 58.6 Å². The minimum atomic E-state index is -0.718. The number of aliphatic carboxylic acids is 1. The third-order valence-electron chi connectivity index (χ3n) is 2.81. The highest BCUT2D eigenvalue weighted by Crippen LogP contribution is 2.23. The zero-order chi connectivity index (χ0) is 11.3. The van der Waals surface area contributed by atoms with E-state index >= 15 is 0 Å². The molecule has 1 atom stereocenters. The molecule has 1 fully saturated rings. The fourth-order valence-electron chi connectivity index (χ4n) is 1.90. The zero-order valence-corrected chi connectivity index (χ0v) is 9.53. The average Bonchev–Trinajstić information content (AvgIpc) is 2.11. The summed E-state index contributed by atoms with van der Waals surface area (Å²) >= 11 is 0. The molecule has 0 radical (unpaired) electrons. The normalized spacial score (nSPS) is 27.1. The number of hydrogen-bond donors (Lipinski definition) is 2. The first-order valence-electron chi connectivity index (χ1n) is 5.71. The van der Waals surface area contributed by atoms with Gasteiger partial charge in [-0.1, -0.05) is 0 Å². The summed E-state index contributed by atoms with van der Waals surface area (Å²) in [6.45, 7) is 4.83. The van der Waals surface area contributed by atoms with Gasteiger partial charge in [0.25, 0.3) is 0 Å². The van der Waals surface area contributed by atoms with E-state index in [0.29, 0.717) is 18.6 Å². The Kier molecular flexibility index (Phi) is 5.05. The van der Waals surface area contributed by atoms with E-state index in [0.717, 1.165) is 19.4 Å². The molecule has 0 aromatic heterocycles. The van der Waals surface area contributed by atoms with Crippen molar-refractivity contribution in [2.24, 2.45) is 0 Å². The fraction of sp³-hybridized carbons (Fsp3) is 0.909. The van der Waals surface area contributed by atoms with E-state index in [2.05, 4.69) is 5.32 Å². The Hall–Kier alpha value is -0.610. The minimum Gasteiger partial charge on any atom is -0.481 e. The molecule has 0 aliphatic heterocycles. The highest BCUT2D eigenvalue weighted by Gasteiger charge is 2.29. The van der Waals surface area contributed by atoms with E-state index in [1.54, 1.807) is 0 Å². The molecule has 1 rings (SSSR count). The predicted molar refractivity (Wildman–Crippen MR) is 57.9 cm³/mol. The number of carbonyl (C=O) groups is 1. The molecule has 0 amide bonds. The first-order chi connectivity index (χ1) is 7.11. The largest absolute Gasteiger partial charge is 0.481 e. The van der Waals surface area contributed by atoms with Crippen molar-refractivity contribution in [1.82, 2.24) is 5.32 Å². The number of carboxylic acid groups (broad SMARTS) is 1. The van der Waals surface area contributed by atoms with Crippen LogP contribution in [0.4, 0.5) is 0 Å². The van der Waals surface area contributed by atoms with Gasteiger partial charge in [0.05, 0.1) is 6.10 Å². The van der Waals surface area contributed by atoms with Gasteiger partial charge in [-0.05, 0) is 33.1 Å². The highest BCUT2D eigenvalue weighted by molar-refractivity contribution is 5.66. The molecule has 1 aliphatic rings. The van der Waals surface area contributed by atoms with Crippen molar-refractivity contribution in [1.29, 1.82) is 0 Å². The summed E-state index contributed by atoms with van der Waals surface area (Å²) in [5, 5.41) is 11.9. The predicted octanol–water partition coefficient (Wildman–Crippen LogP) is 1.40. The van der Waals surface area contributed by atoms with Gasteiger partial charge in [0.1, 0.15) is 0 Å². The molecule has 0 bridgehead atoms. The summed E-state index contributed by atoms with van der Waals surface area (Å²) < 4.78 is 5.45. The van der Waals surface area contributed by atoms with Crippen molar-refractivity contribution in [2.45, 2.75) is 57.7 Å². The quantitative estimate of drug-likeness (QED) is 0.674. The van der Waals surface area contributed by atoms with Crippen LogP contribution in [0, 0.1) is 0 Å². The third-order valence-corrected chi connectivity index (χ3v) is 2.81. The summed E-state index contributed by atoms with van der Waals surface area (Å²) in [5.74, 6) is -0.718. The molecular weight excluding hydrogens is 194 g/mol. The van der Waals surface area contributed by atoms with Crippen molar-refractivity contribution in [3.05, 3.63) is 0 Å². The molecule has 1 unspecified atom stereocenters. The smallest absolute Gasteiger partial charge is 0.303 e. The molecule has 2 N–H and O–H groups in total. The molecule has 0 aromatic carbocycles. The zero-order valence-electron chi connectivity index (χ0n) is 9.53. The number of carboxylic acids is 1. The van der Waals surface area contributed by atoms with Crippen molar-refractivity contribution in [3.8, 4) is 0 Å². The number of rotatable bonds is 7. The van der Waals surface area contributed by atoms with Crippen LogP contribution < -0.4 is 5.32 Å². The Morgan fingerprint density at radius 3 is 2.80 bits per heavy atom. The lowest BCUT2D eigenvalue weighted by Crippen LogP contribution is -2.48. The minimum absolute atomic E-state index is 0.246. The lowest BCUT2D eigenvalue weighted by molar-refractivity contribution is -0.137. The lowest BCUT2D eigenvalue weighted by Gasteiger charge is -2.37. The number of ether oxygens (including phenoxy) is 1. The van der Waals surface area contributed by atoms with Gasteiger partial charge in [-0.15, -0.1) is 0 Å². The second-order valence-corrected chi connectivity index (χ2v) is 4.25. The van der Waals surface area contributed by atoms with Gasteiger partial charge in [0, 0.05) is 25.1 Å². The summed E-state index contributed by atoms with van der Waals surface area (Å²) in [6, 6.07) is 0.805. The number of nitrogens with one attached hydrogen (secondary N) is 1. The molecule has 88 valence electrons.